The fourth-order valence-electron chi connectivity index (χ4n) is 1.04. The average Bonchev–Trinajstić information content (AvgIpc) is 2.38. The Kier molecular flexibility index (Phi) is 2.25. The minimum Gasteiger partial charge on any atom is -0.298 e. The lowest BCUT2D eigenvalue weighted by atomic mass is 10.1. The predicted octanol–water partition coefficient (Wildman–Crippen LogP) is -0.354. The van der Waals surface area contributed by atoms with Gasteiger partial charge < -0.3 is 0 Å². The summed E-state index contributed by atoms with van der Waals surface area (Å²) in [4.78, 5) is 4.05. The summed E-state index contributed by atoms with van der Waals surface area (Å²) < 4.78 is 0. The van der Waals surface area contributed by atoms with Crippen LogP contribution in [0.1, 0.15) is 13.8 Å². The van der Waals surface area contributed by atoms with Crippen molar-refractivity contribution in [3.8, 4) is 0 Å². The average molecular weight is 145 g/mol. The molecule has 0 aromatic rings. The smallest absolute Gasteiger partial charge is 0.129 e. The highest BCUT2D eigenvalue weighted by molar-refractivity contribution is 4.86. The van der Waals surface area contributed by atoms with Gasteiger partial charge in [0.2, 0.25) is 0 Å². The molecule has 0 amide bonds. The molecule has 0 aromatic carbocycles. The molecular formula is C6H13N2O2. The van der Waals surface area contributed by atoms with Crippen molar-refractivity contribution in [2.45, 2.75) is 25.6 Å². The molecule has 1 saturated heterocycles. The molecule has 1 heterocycles. The van der Waals surface area contributed by atoms with Crippen molar-refractivity contribution in [2.24, 2.45) is 0 Å². The minimum atomic E-state index is -0.656. The van der Waals surface area contributed by atoms with Gasteiger partial charge in [0.25, 0.3) is 0 Å². The van der Waals surface area contributed by atoms with Crippen molar-refractivity contribution in [1.82, 2.24) is 10.6 Å². The van der Waals surface area contributed by atoms with Crippen LogP contribution >= 0.6 is 0 Å². The Balaban J connectivity index is 2.45. The van der Waals surface area contributed by atoms with Crippen molar-refractivity contribution in [3.63, 3.8) is 0 Å². The van der Waals surface area contributed by atoms with Crippen LogP contribution in [-0.4, -0.2) is 24.9 Å². The van der Waals surface area contributed by atoms with E-state index in [0.29, 0.717) is 0 Å². The molecule has 0 aromatic heterocycles. The monoisotopic (exact) mass is 145 g/mol. The molecule has 0 bridgehead atoms. The summed E-state index contributed by atoms with van der Waals surface area (Å²) in [5.74, 6) is 0. The number of hydrogen-bond donors (Lipinski definition) is 2. The van der Waals surface area contributed by atoms with Crippen LogP contribution < -0.4 is 10.6 Å². The molecule has 0 spiro atoms. The standard InChI is InChI=1S/C6H13N2O2/c1-6(2,10-9)5-7-3-4-8-5/h5,7-8H,3-4H2,1-2H3. The maximum atomic E-state index is 10.2. The van der Waals surface area contributed by atoms with Crippen LogP contribution in [0, 0.1) is 0 Å². The molecule has 59 valence electrons. The van der Waals surface area contributed by atoms with Gasteiger partial charge in [-0.25, -0.2) is 0 Å². The van der Waals surface area contributed by atoms with Gasteiger partial charge in [0.15, 0.2) is 0 Å². The zero-order valence-electron chi connectivity index (χ0n) is 6.31. The third-order valence-electron chi connectivity index (χ3n) is 1.73. The van der Waals surface area contributed by atoms with Crippen LogP contribution in [0.25, 0.3) is 0 Å². The summed E-state index contributed by atoms with van der Waals surface area (Å²) in [5.41, 5.74) is -0.656. The molecule has 1 fully saturated rings. The molecule has 0 atom stereocenters. The first-order valence-electron chi connectivity index (χ1n) is 3.44. The second kappa shape index (κ2) is 2.84. The largest absolute Gasteiger partial charge is 0.298 e. The van der Waals surface area contributed by atoms with Crippen LogP contribution in [0.5, 0.6) is 0 Å². The highest BCUT2D eigenvalue weighted by Gasteiger charge is 2.33. The Morgan fingerprint density at radius 3 is 2.30 bits per heavy atom. The summed E-state index contributed by atoms with van der Waals surface area (Å²) >= 11 is 0. The molecule has 0 saturated carbocycles. The van der Waals surface area contributed by atoms with Crippen molar-refractivity contribution in [1.29, 1.82) is 0 Å². The van der Waals surface area contributed by atoms with Gasteiger partial charge in [0.05, 0.1) is 6.17 Å². The van der Waals surface area contributed by atoms with E-state index >= 15 is 0 Å². The maximum Gasteiger partial charge on any atom is 0.129 e. The molecule has 1 rings (SSSR count). The Hall–Kier alpha value is -0.160. The second-order valence-electron chi connectivity index (χ2n) is 3.03. The van der Waals surface area contributed by atoms with E-state index in [9.17, 15) is 5.26 Å². The van der Waals surface area contributed by atoms with Crippen LogP contribution in [0.2, 0.25) is 0 Å². The fraction of sp³-hybridized carbons (Fsp3) is 1.00. The first kappa shape index (κ1) is 7.94. The molecule has 0 unspecified atom stereocenters. The lowest BCUT2D eigenvalue weighted by Gasteiger charge is -2.26. The van der Waals surface area contributed by atoms with E-state index < -0.39 is 5.60 Å². The zero-order valence-corrected chi connectivity index (χ0v) is 6.31. The molecule has 1 aliphatic heterocycles. The normalized spacial score (nSPS) is 21.9. The quantitative estimate of drug-likeness (QED) is 0.412. The molecular weight excluding hydrogens is 132 g/mol. The van der Waals surface area contributed by atoms with E-state index in [1.807, 2.05) is 0 Å². The maximum absolute atomic E-state index is 10.2. The van der Waals surface area contributed by atoms with Gasteiger partial charge in [0.1, 0.15) is 5.60 Å². The van der Waals surface area contributed by atoms with Gasteiger partial charge >= 0.3 is 0 Å². The Morgan fingerprint density at radius 2 is 1.90 bits per heavy atom. The van der Waals surface area contributed by atoms with Crippen molar-refractivity contribution in [3.05, 3.63) is 0 Å². The van der Waals surface area contributed by atoms with Crippen LogP contribution in [-0.2, 0) is 10.1 Å². The van der Waals surface area contributed by atoms with E-state index in [-0.39, 0.29) is 6.17 Å². The SMILES string of the molecule is CC(C)(O[O])C1NCCN1. The van der Waals surface area contributed by atoms with Gasteiger partial charge in [0, 0.05) is 13.1 Å². The molecule has 2 N–H and O–H groups in total. The fourth-order valence-corrected chi connectivity index (χ4v) is 1.04. The summed E-state index contributed by atoms with van der Waals surface area (Å²) in [7, 11) is 0. The van der Waals surface area contributed by atoms with Crippen molar-refractivity contribution >= 4 is 0 Å². The molecule has 10 heavy (non-hydrogen) atoms. The summed E-state index contributed by atoms with van der Waals surface area (Å²) in [6, 6.07) is 0. The second-order valence-corrected chi connectivity index (χ2v) is 3.03. The molecule has 4 nitrogen and oxygen atoms in total. The Labute approximate surface area is 60.5 Å². The van der Waals surface area contributed by atoms with Crippen LogP contribution in [0.15, 0.2) is 0 Å². The lowest BCUT2D eigenvalue weighted by Crippen LogP contribution is -2.50. The van der Waals surface area contributed by atoms with Gasteiger partial charge in [-0.05, 0) is 19.1 Å². The van der Waals surface area contributed by atoms with E-state index in [4.69, 9.17) is 0 Å². The van der Waals surface area contributed by atoms with Crippen molar-refractivity contribution in [2.75, 3.05) is 13.1 Å². The van der Waals surface area contributed by atoms with Gasteiger partial charge in [-0.15, -0.1) is 0 Å². The molecule has 4 heteroatoms. The highest BCUT2D eigenvalue weighted by atomic mass is 17.1. The molecule has 0 aliphatic carbocycles. The Morgan fingerprint density at radius 1 is 1.40 bits per heavy atom. The van der Waals surface area contributed by atoms with Crippen LogP contribution in [0.4, 0.5) is 0 Å². The van der Waals surface area contributed by atoms with Crippen molar-refractivity contribution < 1.29 is 10.1 Å². The topological polar surface area (TPSA) is 53.2 Å². The minimum absolute atomic E-state index is 0.00926. The van der Waals surface area contributed by atoms with Crippen LogP contribution in [0.3, 0.4) is 0 Å². The highest BCUT2D eigenvalue weighted by Crippen LogP contribution is 2.12. The first-order chi connectivity index (χ1) is 4.67. The van der Waals surface area contributed by atoms with E-state index in [1.54, 1.807) is 13.8 Å². The number of rotatable bonds is 2. The first-order valence-corrected chi connectivity index (χ1v) is 3.44. The summed E-state index contributed by atoms with van der Waals surface area (Å²) in [5, 5.41) is 16.4. The number of hydrogen-bond acceptors (Lipinski definition) is 3. The van der Waals surface area contributed by atoms with E-state index in [2.05, 4.69) is 15.5 Å². The van der Waals surface area contributed by atoms with Gasteiger partial charge in [-0.3, -0.25) is 10.6 Å². The van der Waals surface area contributed by atoms with E-state index in [1.165, 1.54) is 0 Å². The van der Waals surface area contributed by atoms with Gasteiger partial charge in [-0.2, -0.15) is 4.89 Å². The lowest BCUT2D eigenvalue weighted by molar-refractivity contribution is -0.371. The predicted molar refractivity (Wildman–Crippen MR) is 35.6 cm³/mol. The number of nitrogens with one attached hydrogen (secondary N) is 2. The summed E-state index contributed by atoms with van der Waals surface area (Å²) in [6.07, 6.45) is -0.00926. The third kappa shape index (κ3) is 1.46. The Bertz CT molecular complexity index is 110. The molecule has 1 aliphatic rings. The van der Waals surface area contributed by atoms with E-state index in [0.717, 1.165) is 13.1 Å². The third-order valence-corrected chi connectivity index (χ3v) is 1.73. The summed E-state index contributed by atoms with van der Waals surface area (Å²) in [6.45, 7) is 5.32. The van der Waals surface area contributed by atoms with Gasteiger partial charge in [-0.1, -0.05) is 0 Å². The zero-order chi connectivity index (χ0) is 7.61. The molecule has 1 radical (unpaired) electrons.